The van der Waals surface area contributed by atoms with Crippen LogP contribution in [-0.2, 0) is 14.3 Å². The number of amides is 2. The maximum atomic E-state index is 11.5. The van der Waals surface area contributed by atoms with Crippen LogP contribution >= 0.6 is 0 Å². The topological polar surface area (TPSA) is 93.7 Å². The molecule has 2 amide bonds. The van der Waals surface area contributed by atoms with Gasteiger partial charge in [-0.1, -0.05) is 12.1 Å². The number of hydrogen-bond donors (Lipinski definition) is 2. The summed E-state index contributed by atoms with van der Waals surface area (Å²) in [5.41, 5.74) is 0.747. The van der Waals surface area contributed by atoms with Crippen LogP contribution in [0.2, 0.25) is 0 Å². The van der Waals surface area contributed by atoms with Crippen LogP contribution < -0.4 is 10.6 Å². The predicted molar refractivity (Wildman–Crippen MR) is 71.4 cm³/mol. The van der Waals surface area contributed by atoms with Gasteiger partial charge in [-0.15, -0.1) is 0 Å². The predicted octanol–water partition coefficient (Wildman–Crippen LogP) is 1.16. The average molecular weight is 280 g/mol. The van der Waals surface area contributed by atoms with E-state index in [1.165, 1.54) is 7.11 Å². The van der Waals surface area contributed by atoms with E-state index in [-0.39, 0.29) is 13.2 Å². The second kappa shape index (κ2) is 7.78. The summed E-state index contributed by atoms with van der Waals surface area (Å²) in [5.74, 6) is -1.08. The van der Waals surface area contributed by atoms with E-state index in [1.807, 2.05) is 5.32 Å². The van der Waals surface area contributed by atoms with Crippen molar-refractivity contribution < 1.29 is 23.9 Å². The average Bonchev–Trinajstić information content (AvgIpc) is 2.44. The Hall–Kier alpha value is -2.57. The van der Waals surface area contributed by atoms with Crippen LogP contribution in [0.3, 0.4) is 0 Å². The molecule has 0 heterocycles. The number of hydrogen-bond acceptors (Lipinski definition) is 6. The fraction of sp³-hybridized carbons (Fsp3) is 0.308. The SMILES string of the molecule is CCOC(=O)NC(=O)CNc1ccccc1C(=O)OC. The normalized spacial score (nSPS) is 9.50. The first-order chi connectivity index (χ1) is 9.58. The van der Waals surface area contributed by atoms with Gasteiger partial charge in [0.05, 0.1) is 25.8 Å². The van der Waals surface area contributed by atoms with Crippen molar-refractivity contribution in [1.29, 1.82) is 0 Å². The molecule has 108 valence electrons. The van der Waals surface area contributed by atoms with Gasteiger partial charge in [-0.3, -0.25) is 10.1 Å². The molecule has 0 bridgehead atoms. The lowest BCUT2D eigenvalue weighted by Gasteiger charge is -2.10. The molecular weight excluding hydrogens is 264 g/mol. The molecule has 0 saturated heterocycles. The molecule has 2 N–H and O–H groups in total. The van der Waals surface area contributed by atoms with Crippen LogP contribution in [0, 0.1) is 0 Å². The van der Waals surface area contributed by atoms with Gasteiger partial charge in [-0.05, 0) is 19.1 Å². The number of ether oxygens (including phenoxy) is 2. The quantitative estimate of drug-likeness (QED) is 0.786. The summed E-state index contributed by atoms with van der Waals surface area (Å²) < 4.78 is 9.20. The van der Waals surface area contributed by atoms with Crippen LogP contribution in [0.1, 0.15) is 17.3 Å². The number of para-hydroxylation sites is 1. The zero-order valence-electron chi connectivity index (χ0n) is 11.3. The molecule has 0 aromatic heterocycles. The van der Waals surface area contributed by atoms with Gasteiger partial charge >= 0.3 is 12.1 Å². The van der Waals surface area contributed by atoms with Crippen molar-refractivity contribution in [3.63, 3.8) is 0 Å². The highest BCUT2D eigenvalue weighted by atomic mass is 16.5. The number of rotatable bonds is 5. The molecular formula is C13H16N2O5. The number of anilines is 1. The molecule has 1 aromatic rings. The molecule has 0 fully saturated rings. The lowest BCUT2D eigenvalue weighted by Crippen LogP contribution is -2.35. The van der Waals surface area contributed by atoms with Gasteiger partial charge in [0.15, 0.2) is 0 Å². The number of esters is 1. The lowest BCUT2D eigenvalue weighted by molar-refractivity contribution is -0.118. The summed E-state index contributed by atoms with van der Waals surface area (Å²) in [4.78, 5) is 34.0. The van der Waals surface area contributed by atoms with E-state index in [9.17, 15) is 14.4 Å². The number of methoxy groups -OCH3 is 1. The van der Waals surface area contributed by atoms with Crippen LogP contribution in [-0.4, -0.2) is 38.2 Å². The highest BCUT2D eigenvalue weighted by Gasteiger charge is 2.12. The van der Waals surface area contributed by atoms with Gasteiger partial charge in [-0.25, -0.2) is 9.59 Å². The van der Waals surface area contributed by atoms with Gasteiger partial charge < -0.3 is 14.8 Å². The van der Waals surface area contributed by atoms with E-state index in [1.54, 1.807) is 31.2 Å². The first-order valence-corrected chi connectivity index (χ1v) is 5.96. The molecule has 7 heteroatoms. The number of imide groups is 1. The minimum Gasteiger partial charge on any atom is -0.465 e. The summed E-state index contributed by atoms with van der Waals surface area (Å²) >= 11 is 0. The number of benzene rings is 1. The zero-order valence-corrected chi connectivity index (χ0v) is 11.3. The van der Waals surface area contributed by atoms with E-state index in [0.717, 1.165) is 0 Å². The first-order valence-electron chi connectivity index (χ1n) is 5.96. The van der Waals surface area contributed by atoms with Gasteiger partial charge in [0.2, 0.25) is 5.91 Å². The Morgan fingerprint density at radius 2 is 1.90 bits per heavy atom. The van der Waals surface area contributed by atoms with Crippen molar-refractivity contribution in [2.24, 2.45) is 0 Å². The molecule has 0 aliphatic carbocycles. The van der Waals surface area contributed by atoms with Gasteiger partial charge in [0, 0.05) is 5.69 Å². The van der Waals surface area contributed by atoms with Crippen molar-refractivity contribution in [2.45, 2.75) is 6.92 Å². The third kappa shape index (κ3) is 4.60. The van der Waals surface area contributed by atoms with Crippen molar-refractivity contribution in [3.05, 3.63) is 29.8 Å². The molecule has 0 radical (unpaired) electrons. The molecule has 0 spiro atoms. The van der Waals surface area contributed by atoms with Crippen molar-refractivity contribution in [2.75, 3.05) is 25.6 Å². The monoisotopic (exact) mass is 280 g/mol. The molecule has 1 rings (SSSR count). The number of alkyl carbamates (subject to hydrolysis) is 1. The maximum Gasteiger partial charge on any atom is 0.413 e. The van der Waals surface area contributed by atoms with E-state index >= 15 is 0 Å². The second-order valence-corrected chi connectivity index (χ2v) is 3.66. The van der Waals surface area contributed by atoms with Gasteiger partial charge in [0.25, 0.3) is 0 Å². The minimum absolute atomic E-state index is 0.174. The Bertz CT molecular complexity index is 501. The maximum absolute atomic E-state index is 11.5. The second-order valence-electron chi connectivity index (χ2n) is 3.66. The molecule has 20 heavy (non-hydrogen) atoms. The van der Waals surface area contributed by atoms with E-state index in [0.29, 0.717) is 11.3 Å². The largest absolute Gasteiger partial charge is 0.465 e. The van der Waals surface area contributed by atoms with E-state index in [2.05, 4.69) is 14.8 Å². The third-order valence-electron chi connectivity index (χ3n) is 2.29. The highest BCUT2D eigenvalue weighted by molar-refractivity contribution is 5.97. The molecule has 0 aliphatic rings. The highest BCUT2D eigenvalue weighted by Crippen LogP contribution is 2.15. The fourth-order valence-corrected chi connectivity index (χ4v) is 1.43. The number of carbonyl (C=O) groups is 3. The molecule has 0 aliphatic heterocycles. The minimum atomic E-state index is -0.805. The molecule has 7 nitrogen and oxygen atoms in total. The third-order valence-corrected chi connectivity index (χ3v) is 2.29. The van der Waals surface area contributed by atoms with Crippen molar-refractivity contribution in [3.8, 4) is 0 Å². The Morgan fingerprint density at radius 1 is 1.20 bits per heavy atom. The van der Waals surface area contributed by atoms with E-state index in [4.69, 9.17) is 0 Å². The van der Waals surface area contributed by atoms with Crippen molar-refractivity contribution >= 4 is 23.7 Å². The Morgan fingerprint density at radius 3 is 2.55 bits per heavy atom. The Kier molecular flexibility index (Phi) is 6.02. The summed E-state index contributed by atoms with van der Waals surface area (Å²) in [6.45, 7) is 1.64. The lowest BCUT2D eigenvalue weighted by atomic mass is 10.2. The van der Waals surface area contributed by atoms with Crippen LogP contribution in [0.15, 0.2) is 24.3 Å². The molecule has 0 unspecified atom stereocenters. The number of nitrogens with one attached hydrogen (secondary N) is 2. The van der Waals surface area contributed by atoms with Gasteiger partial charge in [-0.2, -0.15) is 0 Å². The smallest absolute Gasteiger partial charge is 0.413 e. The van der Waals surface area contributed by atoms with Gasteiger partial charge in [0.1, 0.15) is 0 Å². The Labute approximate surface area is 116 Å². The molecule has 0 atom stereocenters. The summed E-state index contributed by atoms with van der Waals surface area (Å²) in [6.07, 6.45) is -0.805. The van der Waals surface area contributed by atoms with Crippen molar-refractivity contribution in [1.82, 2.24) is 5.32 Å². The van der Waals surface area contributed by atoms with Crippen LogP contribution in [0.4, 0.5) is 10.5 Å². The molecule has 0 saturated carbocycles. The first kappa shape index (κ1) is 15.5. The molecule has 1 aromatic carbocycles. The van der Waals surface area contributed by atoms with Crippen LogP contribution in [0.25, 0.3) is 0 Å². The summed E-state index contributed by atoms with van der Waals surface area (Å²) in [7, 11) is 1.27. The van der Waals surface area contributed by atoms with E-state index < -0.39 is 18.0 Å². The zero-order chi connectivity index (χ0) is 15.0. The number of carbonyl (C=O) groups excluding carboxylic acids is 3. The Balaban J connectivity index is 2.59. The van der Waals surface area contributed by atoms with Crippen LogP contribution in [0.5, 0.6) is 0 Å². The standard InChI is InChI=1S/C13H16N2O5/c1-3-20-13(18)15-11(16)8-14-10-7-5-4-6-9(10)12(17)19-2/h4-7,14H,3,8H2,1-2H3,(H,15,16,18). The summed E-state index contributed by atoms with van der Waals surface area (Å²) in [5, 5.41) is 4.79. The fourth-order valence-electron chi connectivity index (χ4n) is 1.43. The summed E-state index contributed by atoms with van der Waals surface area (Å²) in [6, 6.07) is 6.58.